The van der Waals surface area contributed by atoms with E-state index in [9.17, 15) is 0 Å². The van der Waals surface area contributed by atoms with E-state index in [1.54, 1.807) is 0 Å². The predicted octanol–water partition coefficient (Wildman–Crippen LogP) is 3.82. The Morgan fingerprint density at radius 1 is 1.25 bits per heavy atom. The fourth-order valence-electron chi connectivity index (χ4n) is 0.873. The molecular formula is C11H16S. The summed E-state index contributed by atoms with van der Waals surface area (Å²) in [5.41, 5.74) is 0. The molecule has 1 aromatic rings. The molecule has 0 saturated carbocycles. The van der Waals surface area contributed by atoms with Crippen LogP contribution in [0.4, 0.5) is 0 Å². The third-order valence-corrected chi connectivity index (χ3v) is 3.32. The number of rotatable bonds is 4. The zero-order valence-corrected chi connectivity index (χ0v) is 8.60. The molecule has 0 saturated heterocycles. The van der Waals surface area contributed by atoms with E-state index < -0.39 is 0 Å². The van der Waals surface area contributed by atoms with Crippen LogP contribution in [0.2, 0.25) is 0 Å². The number of hydrogen-bond donors (Lipinski definition) is 0. The quantitative estimate of drug-likeness (QED) is 0.635. The fourth-order valence-corrected chi connectivity index (χ4v) is 1.94. The molecule has 12 heavy (non-hydrogen) atoms. The Kier molecular flexibility index (Phi) is 4.23. The van der Waals surface area contributed by atoms with Crippen molar-refractivity contribution in [3.63, 3.8) is 0 Å². The Bertz CT molecular complexity index is 206. The van der Waals surface area contributed by atoms with Gasteiger partial charge in [0.2, 0.25) is 0 Å². The summed E-state index contributed by atoms with van der Waals surface area (Å²) in [4.78, 5) is 1.39. The normalized spacial score (nSPS) is 12.8. The maximum Gasteiger partial charge on any atom is 0.00720 e. The number of benzene rings is 1. The summed E-state index contributed by atoms with van der Waals surface area (Å²) < 4.78 is 0. The molecule has 0 bridgehead atoms. The van der Waals surface area contributed by atoms with E-state index in [4.69, 9.17) is 0 Å². The van der Waals surface area contributed by atoms with E-state index in [0.717, 1.165) is 5.92 Å². The second-order valence-corrected chi connectivity index (χ2v) is 4.23. The van der Waals surface area contributed by atoms with Crippen molar-refractivity contribution in [1.29, 1.82) is 0 Å². The minimum Gasteiger partial charge on any atom is -0.126 e. The molecule has 0 heterocycles. The lowest BCUT2D eigenvalue weighted by Gasteiger charge is -2.06. The van der Waals surface area contributed by atoms with Crippen LogP contribution >= 0.6 is 11.8 Å². The summed E-state index contributed by atoms with van der Waals surface area (Å²) in [5, 5.41) is 0. The smallest absolute Gasteiger partial charge is 0.00720 e. The highest BCUT2D eigenvalue weighted by Gasteiger charge is 1.98. The Balaban J connectivity index is 2.33. The standard InChI is InChI=1S/C11H16S/c1-3-10(2)9-12-11-7-5-4-6-8-11/h4-8,10H,3,9H2,1-2H3/t10-/m0/s1. The maximum atomic E-state index is 2.30. The van der Waals surface area contributed by atoms with Gasteiger partial charge in [-0.1, -0.05) is 38.5 Å². The minimum absolute atomic E-state index is 0.829. The predicted molar refractivity (Wildman–Crippen MR) is 56.6 cm³/mol. The molecule has 0 nitrogen and oxygen atoms in total. The Morgan fingerprint density at radius 2 is 1.92 bits per heavy atom. The van der Waals surface area contributed by atoms with Crippen LogP contribution in [-0.4, -0.2) is 5.75 Å². The van der Waals surface area contributed by atoms with Crippen molar-refractivity contribution >= 4 is 11.8 Å². The highest BCUT2D eigenvalue weighted by atomic mass is 32.2. The Labute approximate surface area is 79.4 Å². The monoisotopic (exact) mass is 180 g/mol. The fraction of sp³-hybridized carbons (Fsp3) is 0.455. The summed E-state index contributed by atoms with van der Waals surface area (Å²) in [6.45, 7) is 4.55. The maximum absolute atomic E-state index is 2.30. The Hall–Kier alpha value is -0.430. The second kappa shape index (κ2) is 5.26. The summed E-state index contributed by atoms with van der Waals surface area (Å²) in [7, 11) is 0. The van der Waals surface area contributed by atoms with Crippen LogP contribution in [0.5, 0.6) is 0 Å². The molecule has 0 spiro atoms. The molecular weight excluding hydrogens is 164 g/mol. The van der Waals surface area contributed by atoms with Gasteiger partial charge in [0.25, 0.3) is 0 Å². The molecule has 1 heteroatoms. The molecule has 66 valence electrons. The first-order valence-corrected chi connectivity index (χ1v) is 5.49. The van der Waals surface area contributed by atoms with Gasteiger partial charge in [-0.2, -0.15) is 0 Å². The average Bonchev–Trinajstić information content (AvgIpc) is 2.16. The number of hydrogen-bond acceptors (Lipinski definition) is 1. The summed E-state index contributed by atoms with van der Waals surface area (Å²) in [6.07, 6.45) is 1.28. The summed E-state index contributed by atoms with van der Waals surface area (Å²) >= 11 is 1.95. The van der Waals surface area contributed by atoms with Gasteiger partial charge in [0, 0.05) is 10.6 Å². The molecule has 1 atom stereocenters. The van der Waals surface area contributed by atoms with Crippen molar-refractivity contribution in [3.05, 3.63) is 30.3 Å². The van der Waals surface area contributed by atoms with Crippen LogP contribution in [0.3, 0.4) is 0 Å². The largest absolute Gasteiger partial charge is 0.126 e. The van der Waals surface area contributed by atoms with Gasteiger partial charge in [-0.05, 0) is 18.1 Å². The molecule has 0 aliphatic heterocycles. The van der Waals surface area contributed by atoms with E-state index in [1.807, 2.05) is 11.8 Å². The molecule has 1 aromatic carbocycles. The lowest BCUT2D eigenvalue weighted by atomic mass is 10.2. The third kappa shape index (κ3) is 3.31. The first-order valence-electron chi connectivity index (χ1n) is 4.50. The van der Waals surface area contributed by atoms with Crippen LogP contribution in [0.15, 0.2) is 35.2 Å². The molecule has 0 aromatic heterocycles. The SMILES string of the molecule is CC[C@H](C)CSc1ccccc1. The number of thioether (sulfide) groups is 1. The van der Waals surface area contributed by atoms with E-state index >= 15 is 0 Å². The zero-order valence-electron chi connectivity index (χ0n) is 7.79. The van der Waals surface area contributed by atoms with Crippen molar-refractivity contribution in [2.45, 2.75) is 25.2 Å². The minimum atomic E-state index is 0.829. The summed E-state index contributed by atoms with van der Waals surface area (Å²) in [5.74, 6) is 2.07. The van der Waals surface area contributed by atoms with Gasteiger partial charge in [-0.15, -0.1) is 11.8 Å². The van der Waals surface area contributed by atoms with Crippen LogP contribution in [-0.2, 0) is 0 Å². The molecule has 1 rings (SSSR count). The lowest BCUT2D eigenvalue weighted by Crippen LogP contribution is -1.94. The van der Waals surface area contributed by atoms with Gasteiger partial charge < -0.3 is 0 Å². The molecule has 0 N–H and O–H groups in total. The molecule has 0 aliphatic carbocycles. The van der Waals surface area contributed by atoms with Gasteiger partial charge in [0.1, 0.15) is 0 Å². The molecule has 0 amide bonds. The van der Waals surface area contributed by atoms with E-state index in [0.29, 0.717) is 0 Å². The van der Waals surface area contributed by atoms with Crippen molar-refractivity contribution < 1.29 is 0 Å². The van der Waals surface area contributed by atoms with Gasteiger partial charge in [0.05, 0.1) is 0 Å². The highest BCUT2D eigenvalue weighted by Crippen LogP contribution is 2.20. The van der Waals surface area contributed by atoms with Crippen LogP contribution < -0.4 is 0 Å². The van der Waals surface area contributed by atoms with Crippen molar-refractivity contribution in [2.75, 3.05) is 5.75 Å². The van der Waals surface area contributed by atoms with Crippen molar-refractivity contribution in [1.82, 2.24) is 0 Å². The second-order valence-electron chi connectivity index (χ2n) is 3.14. The highest BCUT2D eigenvalue weighted by molar-refractivity contribution is 7.99. The van der Waals surface area contributed by atoms with E-state index in [1.165, 1.54) is 17.1 Å². The molecule has 0 aliphatic rings. The third-order valence-electron chi connectivity index (χ3n) is 1.97. The van der Waals surface area contributed by atoms with Gasteiger partial charge in [-0.25, -0.2) is 0 Å². The average molecular weight is 180 g/mol. The van der Waals surface area contributed by atoms with Crippen molar-refractivity contribution in [3.8, 4) is 0 Å². The van der Waals surface area contributed by atoms with Gasteiger partial charge in [-0.3, -0.25) is 0 Å². The van der Waals surface area contributed by atoms with Gasteiger partial charge >= 0.3 is 0 Å². The first-order chi connectivity index (χ1) is 5.83. The van der Waals surface area contributed by atoms with Crippen molar-refractivity contribution in [2.24, 2.45) is 5.92 Å². The molecule has 0 radical (unpaired) electrons. The summed E-state index contributed by atoms with van der Waals surface area (Å²) in [6, 6.07) is 10.6. The van der Waals surface area contributed by atoms with E-state index in [-0.39, 0.29) is 0 Å². The first kappa shape index (κ1) is 9.66. The van der Waals surface area contributed by atoms with Crippen LogP contribution in [0, 0.1) is 5.92 Å². The topological polar surface area (TPSA) is 0 Å². The zero-order chi connectivity index (χ0) is 8.81. The van der Waals surface area contributed by atoms with Crippen LogP contribution in [0.25, 0.3) is 0 Å². The molecule has 0 fully saturated rings. The van der Waals surface area contributed by atoms with E-state index in [2.05, 4.69) is 44.2 Å². The lowest BCUT2D eigenvalue weighted by molar-refractivity contribution is 0.637. The molecule has 0 unspecified atom stereocenters. The Morgan fingerprint density at radius 3 is 2.50 bits per heavy atom. The van der Waals surface area contributed by atoms with Crippen LogP contribution in [0.1, 0.15) is 20.3 Å². The van der Waals surface area contributed by atoms with Gasteiger partial charge in [0.15, 0.2) is 0 Å².